The maximum Gasteiger partial charge on any atom is 0.221 e. The number of carbonyl (C=O) groups is 1. The van der Waals surface area contributed by atoms with Gasteiger partial charge in [0, 0.05) is 32.7 Å². The fourth-order valence-electron chi connectivity index (χ4n) is 2.43. The van der Waals surface area contributed by atoms with Crippen LogP contribution in [0.5, 0.6) is 0 Å². The lowest BCUT2D eigenvalue weighted by molar-refractivity contribution is -0.121. The van der Waals surface area contributed by atoms with E-state index < -0.39 is 0 Å². The first kappa shape index (κ1) is 21.4. The number of methoxy groups -OCH3 is 1. The Morgan fingerprint density at radius 1 is 1.23 bits per heavy atom. The summed E-state index contributed by atoms with van der Waals surface area (Å²) in [5, 5.41) is 9.44. The monoisotopic (exact) mass is 426 g/mol. The van der Waals surface area contributed by atoms with Gasteiger partial charge in [-0.15, -0.1) is 24.0 Å². The molecule has 1 saturated carbocycles. The highest BCUT2D eigenvalue weighted by Crippen LogP contribution is 2.17. The second-order valence-corrected chi connectivity index (χ2v) is 5.33. The molecule has 3 N–H and O–H groups in total. The molecule has 0 aromatic rings. The summed E-state index contributed by atoms with van der Waals surface area (Å²) < 4.78 is 4.97. The molecule has 1 aliphatic carbocycles. The lowest BCUT2D eigenvalue weighted by Crippen LogP contribution is -2.41. The average Bonchev–Trinajstić information content (AvgIpc) is 2.48. The summed E-state index contributed by atoms with van der Waals surface area (Å²) in [5.41, 5.74) is 0. The van der Waals surface area contributed by atoms with Crippen molar-refractivity contribution in [2.45, 2.75) is 51.5 Å². The Kier molecular flexibility index (Phi) is 13.7. The Hall–Kier alpha value is -0.570. The van der Waals surface area contributed by atoms with E-state index in [-0.39, 0.29) is 29.9 Å². The third kappa shape index (κ3) is 10.2. The molecule has 0 saturated heterocycles. The predicted octanol–water partition coefficient (Wildman–Crippen LogP) is 1.64. The van der Waals surface area contributed by atoms with E-state index in [2.05, 4.69) is 20.9 Å². The zero-order chi connectivity index (χ0) is 15.3. The predicted molar refractivity (Wildman–Crippen MR) is 101 cm³/mol. The minimum absolute atomic E-state index is 0. The van der Waals surface area contributed by atoms with Gasteiger partial charge in [0.1, 0.15) is 0 Å². The Labute approximate surface area is 151 Å². The second kappa shape index (κ2) is 14.0. The SMILES string of the molecule is CCNC(=NCCOC)NCCC(=O)NC1CCCCC1.I. The molecular weight excluding hydrogens is 395 g/mol. The quantitative estimate of drug-likeness (QED) is 0.239. The summed E-state index contributed by atoms with van der Waals surface area (Å²) in [6, 6.07) is 0.384. The van der Waals surface area contributed by atoms with Crippen molar-refractivity contribution in [1.82, 2.24) is 16.0 Å². The van der Waals surface area contributed by atoms with Crippen molar-refractivity contribution in [2.24, 2.45) is 4.99 Å². The maximum atomic E-state index is 11.9. The molecule has 130 valence electrons. The Balaban J connectivity index is 0.00000441. The van der Waals surface area contributed by atoms with Gasteiger partial charge in [-0.2, -0.15) is 0 Å². The van der Waals surface area contributed by atoms with Crippen molar-refractivity contribution in [3.05, 3.63) is 0 Å². The molecule has 0 aromatic heterocycles. The van der Waals surface area contributed by atoms with Crippen LogP contribution in [-0.4, -0.2) is 51.3 Å². The summed E-state index contributed by atoms with van der Waals surface area (Å²) in [7, 11) is 1.66. The number of aliphatic imine (C=N–C) groups is 1. The molecule has 0 unspecified atom stereocenters. The van der Waals surface area contributed by atoms with E-state index in [0.29, 0.717) is 32.2 Å². The van der Waals surface area contributed by atoms with Crippen LogP contribution >= 0.6 is 24.0 Å². The van der Waals surface area contributed by atoms with Gasteiger partial charge in [0.25, 0.3) is 0 Å². The van der Waals surface area contributed by atoms with Gasteiger partial charge in [0.15, 0.2) is 5.96 Å². The van der Waals surface area contributed by atoms with Crippen molar-refractivity contribution in [1.29, 1.82) is 0 Å². The van der Waals surface area contributed by atoms with E-state index in [4.69, 9.17) is 4.74 Å². The van der Waals surface area contributed by atoms with Gasteiger partial charge < -0.3 is 20.7 Å². The van der Waals surface area contributed by atoms with Crippen LogP contribution in [0.2, 0.25) is 0 Å². The highest BCUT2D eigenvalue weighted by atomic mass is 127. The molecule has 0 atom stereocenters. The number of carbonyl (C=O) groups excluding carboxylic acids is 1. The summed E-state index contributed by atoms with van der Waals surface area (Å²) >= 11 is 0. The number of nitrogens with one attached hydrogen (secondary N) is 3. The minimum Gasteiger partial charge on any atom is -0.383 e. The van der Waals surface area contributed by atoms with Crippen molar-refractivity contribution in [2.75, 3.05) is 33.4 Å². The lowest BCUT2D eigenvalue weighted by atomic mass is 9.95. The van der Waals surface area contributed by atoms with Gasteiger partial charge >= 0.3 is 0 Å². The highest BCUT2D eigenvalue weighted by Gasteiger charge is 2.15. The van der Waals surface area contributed by atoms with Crippen LogP contribution in [0.15, 0.2) is 4.99 Å². The first-order chi connectivity index (χ1) is 10.3. The molecule has 0 aliphatic heterocycles. The van der Waals surface area contributed by atoms with Gasteiger partial charge in [0.05, 0.1) is 13.2 Å². The van der Waals surface area contributed by atoms with Gasteiger partial charge in [-0.05, 0) is 19.8 Å². The molecule has 1 amide bonds. The maximum absolute atomic E-state index is 11.9. The van der Waals surface area contributed by atoms with E-state index in [1.807, 2.05) is 6.92 Å². The van der Waals surface area contributed by atoms with E-state index >= 15 is 0 Å². The first-order valence-electron chi connectivity index (χ1n) is 8.06. The number of halogens is 1. The third-order valence-electron chi connectivity index (χ3n) is 3.52. The summed E-state index contributed by atoms with van der Waals surface area (Å²) in [4.78, 5) is 16.2. The Bertz CT molecular complexity index is 321. The topological polar surface area (TPSA) is 74.8 Å². The molecule has 7 heteroatoms. The van der Waals surface area contributed by atoms with Crippen LogP contribution < -0.4 is 16.0 Å². The molecule has 0 spiro atoms. The van der Waals surface area contributed by atoms with E-state index in [1.165, 1.54) is 19.3 Å². The Morgan fingerprint density at radius 2 is 1.95 bits per heavy atom. The van der Waals surface area contributed by atoms with Crippen LogP contribution in [0.3, 0.4) is 0 Å². The molecule has 1 fully saturated rings. The van der Waals surface area contributed by atoms with Gasteiger partial charge in [-0.25, -0.2) is 0 Å². The molecule has 1 rings (SSSR count). The van der Waals surface area contributed by atoms with Crippen LogP contribution in [0, 0.1) is 0 Å². The van der Waals surface area contributed by atoms with Crippen LogP contribution in [-0.2, 0) is 9.53 Å². The van der Waals surface area contributed by atoms with Crippen LogP contribution in [0.4, 0.5) is 0 Å². The molecule has 0 heterocycles. The zero-order valence-electron chi connectivity index (χ0n) is 13.8. The van der Waals surface area contributed by atoms with Crippen LogP contribution in [0.25, 0.3) is 0 Å². The number of hydrogen-bond donors (Lipinski definition) is 3. The molecule has 1 aliphatic rings. The largest absolute Gasteiger partial charge is 0.383 e. The number of rotatable bonds is 8. The standard InChI is InChI=1S/C15H30N4O2.HI/c1-3-16-15(18-11-12-21-2)17-10-9-14(20)19-13-7-5-4-6-8-13;/h13H,3-12H2,1-2H3,(H,19,20)(H2,16,17,18);1H. The number of ether oxygens (including phenoxy) is 1. The molecular formula is C15H31IN4O2. The molecule has 0 radical (unpaired) electrons. The normalized spacial score (nSPS) is 15.8. The highest BCUT2D eigenvalue weighted by molar-refractivity contribution is 14.0. The smallest absolute Gasteiger partial charge is 0.221 e. The zero-order valence-corrected chi connectivity index (χ0v) is 16.2. The first-order valence-corrected chi connectivity index (χ1v) is 8.06. The molecule has 0 aromatic carbocycles. The lowest BCUT2D eigenvalue weighted by Gasteiger charge is -2.22. The van der Waals surface area contributed by atoms with Crippen LogP contribution in [0.1, 0.15) is 45.4 Å². The fourth-order valence-corrected chi connectivity index (χ4v) is 2.43. The molecule has 6 nitrogen and oxygen atoms in total. The fraction of sp³-hybridized carbons (Fsp3) is 0.867. The van der Waals surface area contributed by atoms with Crippen molar-refractivity contribution < 1.29 is 9.53 Å². The van der Waals surface area contributed by atoms with Crippen molar-refractivity contribution >= 4 is 35.8 Å². The Morgan fingerprint density at radius 3 is 2.59 bits per heavy atom. The van der Waals surface area contributed by atoms with E-state index in [0.717, 1.165) is 25.3 Å². The van der Waals surface area contributed by atoms with Gasteiger partial charge in [-0.3, -0.25) is 9.79 Å². The van der Waals surface area contributed by atoms with E-state index in [9.17, 15) is 4.79 Å². The minimum atomic E-state index is 0. The number of hydrogen-bond acceptors (Lipinski definition) is 3. The summed E-state index contributed by atoms with van der Waals surface area (Å²) in [5.74, 6) is 0.863. The summed E-state index contributed by atoms with van der Waals surface area (Å²) in [6.45, 7) is 4.62. The van der Waals surface area contributed by atoms with Crippen molar-refractivity contribution in [3.8, 4) is 0 Å². The summed E-state index contributed by atoms with van der Waals surface area (Å²) in [6.07, 6.45) is 6.50. The van der Waals surface area contributed by atoms with E-state index in [1.54, 1.807) is 7.11 Å². The number of guanidine groups is 1. The number of amides is 1. The number of nitrogens with zero attached hydrogens (tertiary/aromatic N) is 1. The van der Waals surface area contributed by atoms with Gasteiger partial charge in [0.2, 0.25) is 5.91 Å². The third-order valence-corrected chi connectivity index (χ3v) is 3.52. The molecule has 0 bridgehead atoms. The van der Waals surface area contributed by atoms with Crippen molar-refractivity contribution in [3.63, 3.8) is 0 Å². The second-order valence-electron chi connectivity index (χ2n) is 5.33. The van der Waals surface area contributed by atoms with Gasteiger partial charge in [-0.1, -0.05) is 19.3 Å². The average molecular weight is 426 g/mol. The molecule has 22 heavy (non-hydrogen) atoms.